The molecule has 0 spiro atoms. The Morgan fingerprint density at radius 1 is 1.14 bits per heavy atom. The number of aromatic nitrogens is 1. The fraction of sp³-hybridized carbons (Fsp3) is 0.154. The zero-order valence-electron chi connectivity index (χ0n) is 11.7. The van der Waals surface area contributed by atoms with Crippen LogP contribution < -0.4 is 20.9 Å². The fourth-order valence-electron chi connectivity index (χ4n) is 1.75. The number of hydrazine groups is 1. The predicted octanol–water partition coefficient (Wildman–Crippen LogP) is 1.23. The van der Waals surface area contributed by atoms with E-state index in [1.165, 1.54) is 12.3 Å². The van der Waals surface area contributed by atoms with Crippen molar-refractivity contribution in [2.75, 3.05) is 29.1 Å². The molecule has 0 aliphatic rings. The molecule has 2 rings (SSSR count). The number of hydrogen-bond acceptors (Lipinski definition) is 6. The second kappa shape index (κ2) is 5.98. The molecule has 21 heavy (non-hydrogen) atoms. The topological polar surface area (TPSA) is 100 Å². The van der Waals surface area contributed by atoms with Crippen LogP contribution in [0.15, 0.2) is 47.6 Å². The maximum atomic E-state index is 12.3. The van der Waals surface area contributed by atoms with Crippen LogP contribution in [0.3, 0.4) is 0 Å². The molecule has 112 valence electrons. The van der Waals surface area contributed by atoms with Gasteiger partial charge in [0.05, 0.1) is 5.69 Å². The molecule has 0 amide bonds. The van der Waals surface area contributed by atoms with E-state index < -0.39 is 10.0 Å². The molecular formula is C13H17N5O2S. The van der Waals surface area contributed by atoms with Gasteiger partial charge in [-0.2, -0.15) is 8.42 Å². The van der Waals surface area contributed by atoms with Gasteiger partial charge in [-0.05, 0) is 36.4 Å². The van der Waals surface area contributed by atoms with Gasteiger partial charge in [0, 0.05) is 31.7 Å². The summed E-state index contributed by atoms with van der Waals surface area (Å²) in [7, 11) is 0.0116. The van der Waals surface area contributed by atoms with Crippen molar-refractivity contribution >= 4 is 27.1 Å². The third kappa shape index (κ3) is 3.41. The fourth-order valence-corrected chi connectivity index (χ4v) is 2.91. The third-order valence-corrected chi connectivity index (χ3v) is 4.16. The van der Waals surface area contributed by atoms with E-state index in [4.69, 9.17) is 5.84 Å². The minimum atomic E-state index is -3.81. The molecule has 0 bridgehead atoms. The first-order chi connectivity index (χ1) is 9.94. The Hall–Kier alpha value is -2.32. The van der Waals surface area contributed by atoms with Gasteiger partial charge in [-0.3, -0.25) is 10.6 Å². The van der Waals surface area contributed by atoms with Crippen LogP contribution in [0.2, 0.25) is 0 Å². The molecule has 4 N–H and O–H groups in total. The number of hydrogen-bond donors (Lipinski definition) is 3. The SMILES string of the molecule is CN(C)c1ccc(NS(=O)(=O)c2ncccc2NN)cc1. The molecule has 0 saturated carbocycles. The second-order valence-corrected chi connectivity index (χ2v) is 6.14. The van der Waals surface area contributed by atoms with Gasteiger partial charge in [0.15, 0.2) is 0 Å². The first-order valence-corrected chi connectivity index (χ1v) is 7.64. The molecule has 0 fully saturated rings. The van der Waals surface area contributed by atoms with E-state index in [1.807, 2.05) is 31.1 Å². The summed E-state index contributed by atoms with van der Waals surface area (Å²) in [5, 5.41) is -0.149. The van der Waals surface area contributed by atoms with Gasteiger partial charge < -0.3 is 10.3 Å². The second-order valence-electron chi connectivity index (χ2n) is 4.55. The first kappa shape index (κ1) is 15.1. The van der Waals surface area contributed by atoms with E-state index in [2.05, 4.69) is 15.1 Å². The Morgan fingerprint density at radius 2 is 1.81 bits per heavy atom. The Bertz CT molecular complexity index is 714. The van der Waals surface area contributed by atoms with E-state index >= 15 is 0 Å². The van der Waals surface area contributed by atoms with Crippen molar-refractivity contribution in [3.05, 3.63) is 42.6 Å². The lowest BCUT2D eigenvalue weighted by Crippen LogP contribution is -2.19. The van der Waals surface area contributed by atoms with Crippen molar-refractivity contribution in [2.45, 2.75) is 5.03 Å². The molecule has 2 aromatic rings. The number of sulfonamides is 1. The lowest BCUT2D eigenvalue weighted by molar-refractivity contribution is 0.598. The average molecular weight is 307 g/mol. The van der Waals surface area contributed by atoms with Crippen molar-refractivity contribution in [1.82, 2.24) is 4.98 Å². The lowest BCUT2D eigenvalue weighted by Gasteiger charge is -2.14. The summed E-state index contributed by atoms with van der Waals surface area (Å²) in [6.07, 6.45) is 1.39. The van der Waals surface area contributed by atoms with Crippen molar-refractivity contribution in [3.63, 3.8) is 0 Å². The van der Waals surface area contributed by atoms with Crippen LogP contribution in [-0.4, -0.2) is 27.5 Å². The molecule has 0 unspecified atom stereocenters. The maximum Gasteiger partial charge on any atom is 0.281 e. The molecule has 0 radical (unpaired) electrons. The normalized spacial score (nSPS) is 11.0. The summed E-state index contributed by atoms with van der Waals surface area (Å²) in [5.74, 6) is 5.31. The monoisotopic (exact) mass is 307 g/mol. The number of anilines is 3. The van der Waals surface area contributed by atoms with E-state index in [0.29, 0.717) is 5.69 Å². The van der Waals surface area contributed by atoms with Crippen LogP contribution in [-0.2, 0) is 10.0 Å². The van der Waals surface area contributed by atoms with Crippen molar-refractivity contribution < 1.29 is 8.42 Å². The van der Waals surface area contributed by atoms with Crippen LogP contribution in [0.1, 0.15) is 0 Å². The van der Waals surface area contributed by atoms with E-state index in [0.717, 1.165) is 5.69 Å². The molecule has 1 heterocycles. The standard InChI is InChI=1S/C13H17N5O2S/c1-18(2)11-7-5-10(6-8-11)17-21(19,20)13-12(16-14)4-3-9-15-13/h3-9,16-17H,14H2,1-2H3. The van der Waals surface area contributed by atoms with Gasteiger partial charge in [0.1, 0.15) is 0 Å². The van der Waals surface area contributed by atoms with Crippen LogP contribution in [0.4, 0.5) is 17.1 Å². The van der Waals surface area contributed by atoms with Crippen molar-refractivity contribution in [3.8, 4) is 0 Å². The number of nitrogens with one attached hydrogen (secondary N) is 2. The van der Waals surface area contributed by atoms with Gasteiger partial charge in [-0.25, -0.2) is 4.98 Å². The average Bonchev–Trinajstić information content (AvgIpc) is 2.47. The highest BCUT2D eigenvalue weighted by Crippen LogP contribution is 2.22. The van der Waals surface area contributed by atoms with Gasteiger partial charge in [0.25, 0.3) is 10.0 Å². The van der Waals surface area contributed by atoms with E-state index in [-0.39, 0.29) is 10.7 Å². The number of benzene rings is 1. The minimum absolute atomic E-state index is 0.149. The number of nitrogens with two attached hydrogens (primary N) is 1. The van der Waals surface area contributed by atoms with Crippen LogP contribution in [0, 0.1) is 0 Å². The van der Waals surface area contributed by atoms with Gasteiger partial charge in [0.2, 0.25) is 5.03 Å². The zero-order chi connectivity index (χ0) is 15.5. The highest BCUT2D eigenvalue weighted by Gasteiger charge is 2.19. The Morgan fingerprint density at radius 3 is 2.38 bits per heavy atom. The molecule has 0 aliphatic heterocycles. The molecule has 8 heteroatoms. The first-order valence-electron chi connectivity index (χ1n) is 6.16. The Balaban J connectivity index is 2.29. The number of pyridine rings is 1. The van der Waals surface area contributed by atoms with Crippen LogP contribution >= 0.6 is 0 Å². The van der Waals surface area contributed by atoms with Gasteiger partial charge in [-0.15, -0.1) is 0 Å². The van der Waals surface area contributed by atoms with E-state index in [9.17, 15) is 8.42 Å². The maximum absolute atomic E-state index is 12.3. The summed E-state index contributed by atoms with van der Waals surface area (Å²) in [6.45, 7) is 0. The summed E-state index contributed by atoms with van der Waals surface area (Å²) in [6, 6.07) is 10.1. The Kier molecular flexibility index (Phi) is 4.29. The largest absolute Gasteiger partial charge is 0.378 e. The molecule has 1 aromatic heterocycles. The predicted molar refractivity (Wildman–Crippen MR) is 83.6 cm³/mol. The highest BCUT2D eigenvalue weighted by atomic mass is 32.2. The molecule has 0 aliphatic carbocycles. The minimum Gasteiger partial charge on any atom is -0.378 e. The van der Waals surface area contributed by atoms with Crippen molar-refractivity contribution in [2.24, 2.45) is 5.84 Å². The summed E-state index contributed by atoms with van der Waals surface area (Å²) in [4.78, 5) is 5.79. The molecule has 0 saturated heterocycles. The van der Waals surface area contributed by atoms with Crippen LogP contribution in [0.5, 0.6) is 0 Å². The summed E-state index contributed by atoms with van der Waals surface area (Å²) < 4.78 is 27.1. The number of rotatable bonds is 5. The lowest BCUT2D eigenvalue weighted by atomic mass is 10.3. The molecule has 1 aromatic carbocycles. The molecule has 0 atom stereocenters. The van der Waals surface area contributed by atoms with Gasteiger partial charge in [-0.1, -0.05) is 0 Å². The zero-order valence-corrected chi connectivity index (χ0v) is 12.6. The van der Waals surface area contributed by atoms with Gasteiger partial charge >= 0.3 is 0 Å². The summed E-state index contributed by atoms with van der Waals surface area (Å²) >= 11 is 0. The highest BCUT2D eigenvalue weighted by molar-refractivity contribution is 7.92. The number of nitrogen functional groups attached to an aromatic ring is 1. The third-order valence-electron chi connectivity index (χ3n) is 2.82. The number of nitrogens with zero attached hydrogens (tertiary/aromatic N) is 2. The Labute approximate surface area is 123 Å². The van der Waals surface area contributed by atoms with Crippen LogP contribution in [0.25, 0.3) is 0 Å². The smallest absolute Gasteiger partial charge is 0.281 e. The van der Waals surface area contributed by atoms with E-state index in [1.54, 1.807) is 18.2 Å². The summed E-state index contributed by atoms with van der Waals surface area (Å²) in [5.41, 5.74) is 3.98. The molecule has 7 nitrogen and oxygen atoms in total. The quantitative estimate of drug-likeness (QED) is 0.567. The van der Waals surface area contributed by atoms with Crippen molar-refractivity contribution in [1.29, 1.82) is 0 Å². The molecular weight excluding hydrogens is 290 g/mol.